The largest absolute Gasteiger partial charge is 0.478 e. The lowest BCUT2D eigenvalue weighted by molar-refractivity contribution is -0.130. The number of aliphatic carboxylic acids is 1. The van der Waals surface area contributed by atoms with Gasteiger partial charge in [0, 0.05) is 0 Å². The lowest BCUT2D eigenvalue weighted by Gasteiger charge is -2.06. The number of carboxylic acids is 1. The van der Waals surface area contributed by atoms with Crippen LogP contribution >= 0.6 is 0 Å². The van der Waals surface area contributed by atoms with Crippen molar-refractivity contribution in [3.8, 4) is 0 Å². The van der Waals surface area contributed by atoms with Crippen molar-refractivity contribution in [1.29, 1.82) is 0 Å². The van der Waals surface area contributed by atoms with Crippen LogP contribution in [0.3, 0.4) is 0 Å². The predicted octanol–water partition coefficient (Wildman–Crippen LogP) is 5.86. The van der Waals surface area contributed by atoms with Gasteiger partial charge >= 0.3 is 5.97 Å². The van der Waals surface area contributed by atoms with E-state index in [4.69, 9.17) is 0 Å². The zero-order chi connectivity index (χ0) is 16.2. The van der Waals surface area contributed by atoms with E-state index in [1.165, 1.54) is 44.1 Å². The first-order chi connectivity index (χ1) is 10.7. The monoisotopic (exact) mass is 302 g/mol. The minimum Gasteiger partial charge on any atom is -0.478 e. The number of allylic oxidation sites excluding steroid dienone is 1. The van der Waals surface area contributed by atoms with Gasteiger partial charge in [0.05, 0.1) is 5.57 Å². The van der Waals surface area contributed by atoms with Crippen LogP contribution in [0.2, 0.25) is 0 Å². The number of rotatable bonds is 11. The average Bonchev–Trinajstić information content (AvgIpc) is 2.52. The highest BCUT2D eigenvalue weighted by atomic mass is 16.4. The SMILES string of the molecule is CCC/C=C(/C(=O)O)c1ccc(CCCCCCCC)cc1. The van der Waals surface area contributed by atoms with E-state index in [2.05, 4.69) is 26.0 Å². The minimum atomic E-state index is -0.836. The zero-order valence-electron chi connectivity index (χ0n) is 14.1. The van der Waals surface area contributed by atoms with Gasteiger partial charge in [-0.15, -0.1) is 0 Å². The summed E-state index contributed by atoms with van der Waals surface area (Å²) in [4.78, 5) is 11.3. The molecule has 1 rings (SSSR count). The van der Waals surface area contributed by atoms with Crippen molar-refractivity contribution in [2.75, 3.05) is 0 Å². The van der Waals surface area contributed by atoms with Gasteiger partial charge < -0.3 is 5.11 Å². The van der Waals surface area contributed by atoms with Gasteiger partial charge in [0.2, 0.25) is 0 Å². The number of carbonyl (C=O) groups is 1. The summed E-state index contributed by atoms with van der Waals surface area (Å²) in [6, 6.07) is 8.04. The first kappa shape index (κ1) is 18.5. The normalized spacial score (nSPS) is 11.6. The van der Waals surface area contributed by atoms with E-state index in [1.807, 2.05) is 18.2 Å². The average molecular weight is 302 g/mol. The molecule has 0 bridgehead atoms. The van der Waals surface area contributed by atoms with Crippen molar-refractivity contribution in [1.82, 2.24) is 0 Å². The molecular formula is C20H30O2. The molecule has 0 spiro atoms. The van der Waals surface area contributed by atoms with Crippen molar-refractivity contribution in [3.05, 3.63) is 41.5 Å². The minimum absolute atomic E-state index is 0.424. The summed E-state index contributed by atoms with van der Waals surface area (Å²) in [6.07, 6.45) is 12.5. The molecule has 0 heterocycles. The molecule has 0 unspecified atom stereocenters. The number of hydrogen-bond acceptors (Lipinski definition) is 1. The quantitative estimate of drug-likeness (QED) is 0.411. The topological polar surface area (TPSA) is 37.3 Å². The van der Waals surface area contributed by atoms with Crippen molar-refractivity contribution < 1.29 is 9.90 Å². The summed E-state index contributed by atoms with van der Waals surface area (Å²) in [5.74, 6) is -0.836. The lowest BCUT2D eigenvalue weighted by Crippen LogP contribution is -2.00. The molecule has 0 aliphatic carbocycles. The Hall–Kier alpha value is -1.57. The van der Waals surface area contributed by atoms with Gasteiger partial charge in [-0.3, -0.25) is 0 Å². The molecule has 0 aliphatic rings. The lowest BCUT2D eigenvalue weighted by atomic mass is 10.00. The summed E-state index contributed by atoms with van der Waals surface area (Å²) in [7, 11) is 0. The van der Waals surface area contributed by atoms with Gasteiger partial charge in [0.25, 0.3) is 0 Å². The Bertz CT molecular complexity index is 457. The van der Waals surface area contributed by atoms with Gasteiger partial charge in [0.1, 0.15) is 0 Å². The molecule has 0 atom stereocenters. The fourth-order valence-electron chi connectivity index (χ4n) is 2.58. The summed E-state index contributed by atoms with van der Waals surface area (Å²) in [6.45, 7) is 4.29. The predicted molar refractivity (Wildman–Crippen MR) is 94.0 cm³/mol. The highest BCUT2D eigenvalue weighted by molar-refractivity contribution is 6.15. The van der Waals surface area contributed by atoms with Gasteiger partial charge in [-0.1, -0.05) is 82.7 Å². The Labute approximate surface area is 135 Å². The van der Waals surface area contributed by atoms with Crippen molar-refractivity contribution in [2.45, 2.75) is 71.6 Å². The maximum absolute atomic E-state index is 11.3. The number of unbranched alkanes of at least 4 members (excludes halogenated alkanes) is 6. The second-order valence-electron chi connectivity index (χ2n) is 5.93. The maximum Gasteiger partial charge on any atom is 0.335 e. The summed E-state index contributed by atoms with van der Waals surface area (Å²) in [5, 5.41) is 9.30. The Morgan fingerprint density at radius 3 is 2.18 bits per heavy atom. The third-order valence-electron chi connectivity index (χ3n) is 3.95. The van der Waals surface area contributed by atoms with Crippen molar-refractivity contribution in [2.24, 2.45) is 0 Å². The highest BCUT2D eigenvalue weighted by Crippen LogP contribution is 2.18. The molecule has 1 aromatic carbocycles. The van der Waals surface area contributed by atoms with Crippen molar-refractivity contribution >= 4 is 11.5 Å². The summed E-state index contributed by atoms with van der Waals surface area (Å²) in [5.41, 5.74) is 2.54. The van der Waals surface area contributed by atoms with E-state index in [1.54, 1.807) is 0 Å². The van der Waals surface area contributed by atoms with Crippen LogP contribution in [-0.2, 0) is 11.2 Å². The second-order valence-corrected chi connectivity index (χ2v) is 5.93. The molecule has 0 radical (unpaired) electrons. The van der Waals surface area contributed by atoms with E-state index >= 15 is 0 Å². The Balaban J connectivity index is 2.49. The number of benzene rings is 1. The van der Waals surface area contributed by atoms with Gasteiger partial charge in [0.15, 0.2) is 0 Å². The standard InChI is InChI=1S/C20H30O2/c1-3-5-7-8-9-10-11-17-13-15-18(16-14-17)19(20(21)22)12-6-4-2/h12-16H,3-11H2,1-2H3,(H,21,22)/b19-12+. The Morgan fingerprint density at radius 2 is 1.59 bits per heavy atom. The number of carboxylic acid groups (broad SMARTS) is 1. The van der Waals surface area contributed by atoms with Gasteiger partial charge in [-0.2, -0.15) is 0 Å². The third-order valence-corrected chi connectivity index (χ3v) is 3.95. The molecule has 122 valence electrons. The maximum atomic E-state index is 11.3. The van der Waals surface area contributed by atoms with E-state index < -0.39 is 5.97 Å². The van der Waals surface area contributed by atoms with Crippen molar-refractivity contribution in [3.63, 3.8) is 0 Å². The van der Waals surface area contributed by atoms with Crippen LogP contribution in [0.1, 0.15) is 76.3 Å². The van der Waals surface area contributed by atoms with Crippen LogP contribution in [0.15, 0.2) is 30.3 Å². The van der Waals surface area contributed by atoms with Crippen LogP contribution in [0, 0.1) is 0 Å². The number of aryl methyl sites for hydroxylation is 1. The smallest absolute Gasteiger partial charge is 0.335 e. The first-order valence-electron chi connectivity index (χ1n) is 8.71. The molecule has 2 heteroatoms. The molecule has 1 aromatic rings. The zero-order valence-corrected chi connectivity index (χ0v) is 14.1. The van der Waals surface area contributed by atoms with E-state index in [-0.39, 0.29) is 0 Å². The second kappa shape index (κ2) is 11.1. The Morgan fingerprint density at radius 1 is 0.955 bits per heavy atom. The molecule has 1 N–H and O–H groups in total. The number of hydrogen-bond donors (Lipinski definition) is 1. The molecule has 0 fully saturated rings. The molecular weight excluding hydrogens is 272 g/mol. The summed E-state index contributed by atoms with van der Waals surface area (Å²) >= 11 is 0. The molecule has 0 aliphatic heterocycles. The molecule has 22 heavy (non-hydrogen) atoms. The molecule has 0 aromatic heterocycles. The van der Waals surface area contributed by atoms with E-state index in [0.717, 1.165) is 24.8 Å². The molecule has 2 nitrogen and oxygen atoms in total. The van der Waals surface area contributed by atoms with Crippen LogP contribution < -0.4 is 0 Å². The van der Waals surface area contributed by atoms with Crippen LogP contribution in [0.4, 0.5) is 0 Å². The molecule has 0 saturated heterocycles. The molecule has 0 amide bonds. The molecule has 0 saturated carbocycles. The van der Waals surface area contributed by atoms with E-state index in [9.17, 15) is 9.90 Å². The Kier molecular flexibility index (Phi) is 9.29. The van der Waals surface area contributed by atoms with Crippen LogP contribution in [0.5, 0.6) is 0 Å². The van der Waals surface area contributed by atoms with Crippen LogP contribution in [-0.4, -0.2) is 11.1 Å². The fourth-order valence-corrected chi connectivity index (χ4v) is 2.58. The highest BCUT2D eigenvalue weighted by Gasteiger charge is 2.09. The summed E-state index contributed by atoms with van der Waals surface area (Å²) < 4.78 is 0. The fraction of sp³-hybridized carbons (Fsp3) is 0.550. The third kappa shape index (κ3) is 6.93. The van der Waals surface area contributed by atoms with E-state index in [0.29, 0.717) is 5.57 Å². The first-order valence-corrected chi connectivity index (χ1v) is 8.71. The van der Waals surface area contributed by atoms with Crippen LogP contribution in [0.25, 0.3) is 5.57 Å². The van der Waals surface area contributed by atoms with Gasteiger partial charge in [-0.05, 0) is 30.4 Å². The van der Waals surface area contributed by atoms with Gasteiger partial charge in [-0.25, -0.2) is 4.79 Å².